The average Bonchev–Trinajstić information content (AvgIpc) is 2.88. The second-order valence-electron chi connectivity index (χ2n) is 7.14. The van der Waals surface area contributed by atoms with E-state index in [4.69, 9.17) is 4.74 Å². The molecule has 1 fully saturated rings. The fraction of sp³-hybridized carbons (Fsp3) is 0.667. The summed E-state index contributed by atoms with van der Waals surface area (Å²) in [6, 6.07) is 8.64. The lowest BCUT2D eigenvalue weighted by molar-refractivity contribution is -0.0971. The number of ether oxygens (including phenoxy) is 1. The van der Waals surface area contributed by atoms with E-state index in [2.05, 4.69) is 45.0 Å². The Bertz CT molecular complexity index is 422. The summed E-state index contributed by atoms with van der Waals surface area (Å²) >= 11 is 0. The molecule has 1 aliphatic carbocycles. The Kier molecular flexibility index (Phi) is 4.55. The van der Waals surface area contributed by atoms with Gasteiger partial charge < -0.3 is 9.84 Å². The van der Waals surface area contributed by atoms with Gasteiger partial charge in [0.15, 0.2) is 0 Å². The molecule has 1 unspecified atom stereocenters. The largest absolute Gasteiger partial charge is 0.390 e. The van der Waals surface area contributed by atoms with Gasteiger partial charge in [-0.25, -0.2) is 0 Å². The molecule has 0 heterocycles. The first kappa shape index (κ1) is 15.5. The standard InChI is InChI=1S/C18H28O2/c1-17(2,3)15-9-7-14(8-10-15)13-16(19)18(20-4)11-5-6-12-18/h7-10,16,19H,5-6,11-13H2,1-4H3. The Labute approximate surface area is 123 Å². The topological polar surface area (TPSA) is 29.5 Å². The van der Waals surface area contributed by atoms with Crippen molar-refractivity contribution in [1.29, 1.82) is 0 Å². The van der Waals surface area contributed by atoms with Gasteiger partial charge in [0.1, 0.15) is 0 Å². The second kappa shape index (κ2) is 5.87. The van der Waals surface area contributed by atoms with Crippen LogP contribution in [0.25, 0.3) is 0 Å². The van der Waals surface area contributed by atoms with Crippen molar-refractivity contribution in [3.8, 4) is 0 Å². The summed E-state index contributed by atoms with van der Waals surface area (Å²) in [5.74, 6) is 0. The molecule has 2 rings (SSSR count). The van der Waals surface area contributed by atoms with Crippen LogP contribution in [0.1, 0.15) is 57.6 Å². The summed E-state index contributed by atoms with van der Waals surface area (Å²) < 4.78 is 5.66. The van der Waals surface area contributed by atoms with E-state index in [9.17, 15) is 5.11 Å². The Hall–Kier alpha value is -0.860. The van der Waals surface area contributed by atoms with Gasteiger partial charge in [-0.15, -0.1) is 0 Å². The molecule has 112 valence electrons. The van der Waals surface area contributed by atoms with Gasteiger partial charge in [0, 0.05) is 13.5 Å². The van der Waals surface area contributed by atoms with Gasteiger partial charge >= 0.3 is 0 Å². The maximum atomic E-state index is 10.6. The number of hydrogen-bond acceptors (Lipinski definition) is 2. The first-order valence-electron chi connectivity index (χ1n) is 7.70. The highest BCUT2D eigenvalue weighted by Crippen LogP contribution is 2.36. The van der Waals surface area contributed by atoms with E-state index >= 15 is 0 Å². The molecule has 1 aromatic carbocycles. The van der Waals surface area contributed by atoms with Gasteiger partial charge in [-0.1, -0.05) is 57.9 Å². The van der Waals surface area contributed by atoms with Crippen LogP contribution in [0.2, 0.25) is 0 Å². The molecule has 1 saturated carbocycles. The van der Waals surface area contributed by atoms with Crippen LogP contribution in [0.3, 0.4) is 0 Å². The minimum Gasteiger partial charge on any atom is -0.390 e. The molecule has 1 aromatic rings. The van der Waals surface area contributed by atoms with Crippen molar-refractivity contribution in [2.24, 2.45) is 0 Å². The third-order valence-corrected chi connectivity index (χ3v) is 4.71. The Balaban J connectivity index is 2.06. The highest BCUT2D eigenvalue weighted by Gasteiger charge is 2.40. The molecular weight excluding hydrogens is 248 g/mol. The number of methoxy groups -OCH3 is 1. The third kappa shape index (κ3) is 3.24. The van der Waals surface area contributed by atoms with E-state index in [1.807, 2.05) is 0 Å². The molecule has 20 heavy (non-hydrogen) atoms. The Morgan fingerprint density at radius 3 is 2.15 bits per heavy atom. The lowest BCUT2D eigenvalue weighted by Gasteiger charge is -2.33. The molecule has 0 aromatic heterocycles. The number of aliphatic hydroxyl groups excluding tert-OH is 1. The van der Waals surface area contributed by atoms with Crippen LogP contribution in [0.5, 0.6) is 0 Å². The zero-order chi connectivity index (χ0) is 14.8. The summed E-state index contributed by atoms with van der Waals surface area (Å²) in [5, 5.41) is 10.6. The number of benzene rings is 1. The SMILES string of the molecule is COC1(C(O)Cc2ccc(C(C)(C)C)cc2)CCCC1. The number of aliphatic hydroxyl groups is 1. The summed E-state index contributed by atoms with van der Waals surface area (Å²) in [7, 11) is 1.73. The molecule has 0 radical (unpaired) electrons. The molecular formula is C18H28O2. The summed E-state index contributed by atoms with van der Waals surface area (Å²) in [6.45, 7) is 6.65. The van der Waals surface area contributed by atoms with Crippen molar-refractivity contribution in [3.05, 3.63) is 35.4 Å². The quantitative estimate of drug-likeness (QED) is 0.905. The van der Waals surface area contributed by atoms with E-state index < -0.39 is 6.10 Å². The van der Waals surface area contributed by atoms with Crippen LogP contribution >= 0.6 is 0 Å². The van der Waals surface area contributed by atoms with Crippen LogP contribution in [-0.2, 0) is 16.6 Å². The van der Waals surface area contributed by atoms with Gasteiger partial charge in [0.05, 0.1) is 11.7 Å². The highest BCUT2D eigenvalue weighted by atomic mass is 16.5. The van der Waals surface area contributed by atoms with E-state index in [0.717, 1.165) is 25.7 Å². The highest BCUT2D eigenvalue weighted by molar-refractivity contribution is 5.28. The number of hydrogen-bond donors (Lipinski definition) is 1. The van der Waals surface area contributed by atoms with Gasteiger partial charge in [-0.3, -0.25) is 0 Å². The van der Waals surface area contributed by atoms with Gasteiger partial charge in [-0.05, 0) is 29.4 Å². The van der Waals surface area contributed by atoms with E-state index in [-0.39, 0.29) is 11.0 Å². The molecule has 1 N–H and O–H groups in total. The zero-order valence-corrected chi connectivity index (χ0v) is 13.3. The van der Waals surface area contributed by atoms with E-state index in [1.165, 1.54) is 11.1 Å². The third-order valence-electron chi connectivity index (χ3n) is 4.71. The molecule has 0 amide bonds. The van der Waals surface area contributed by atoms with Crippen molar-refractivity contribution in [2.75, 3.05) is 7.11 Å². The van der Waals surface area contributed by atoms with Crippen LogP contribution in [0, 0.1) is 0 Å². The average molecular weight is 276 g/mol. The van der Waals surface area contributed by atoms with E-state index in [0.29, 0.717) is 6.42 Å². The zero-order valence-electron chi connectivity index (χ0n) is 13.3. The van der Waals surface area contributed by atoms with Crippen LogP contribution in [0.4, 0.5) is 0 Å². The minimum absolute atomic E-state index is 0.177. The fourth-order valence-corrected chi connectivity index (χ4v) is 3.20. The van der Waals surface area contributed by atoms with Crippen molar-refractivity contribution in [3.63, 3.8) is 0 Å². The lowest BCUT2D eigenvalue weighted by atomic mass is 9.85. The smallest absolute Gasteiger partial charge is 0.0939 e. The fourth-order valence-electron chi connectivity index (χ4n) is 3.20. The summed E-state index contributed by atoms with van der Waals surface area (Å²) in [4.78, 5) is 0. The predicted molar refractivity (Wildman–Crippen MR) is 83.1 cm³/mol. The molecule has 0 bridgehead atoms. The molecule has 2 nitrogen and oxygen atoms in total. The maximum Gasteiger partial charge on any atom is 0.0939 e. The van der Waals surface area contributed by atoms with Crippen molar-refractivity contribution < 1.29 is 9.84 Å². The molecule has 0 spiro atoms. The van der Waals surface area contributed by atoms with Gasteiger partial charge in [0.25, 0.3) is 0 Å². The van der Waals surface area contributed by atoms with Crippen molar-refractivity contribution >= 4 is 0 Å². The summed E-state index contributed by atoms with van der Waals surface area (Å²) in [6.07, 6.45) is 4.55. The minimum atomic E-state index is -0.407. The summed E-state index contributed by atoms with van der Waals surface area (Å²) in [5.41, 5.74) is 2.38. The van der Waals surface area contributed by atoms with Gasteiger partial charge in [-0.2, -0.15) is 0 Å². The molecule has 0 aliphatic heterocycles. The second-order valence-corrected chi connectivity index (χ2v) is 7.14. The van der Waals surface area contributed by atoms with Crippen molar-refractivity contribution in [1.82, 2.24) is 0 Å². The van der Waals surface area contributed by atoms with Crippen LogP contribution in [0.15, 0.2) is 24.3 Å². The lowest BCUT2D eigenvalue weighted by Crippen LogP contribution is -2.42. The Morgan fingerprint density at radius 2 is 1.70 bits per heavy atom. The molecule has 1 aliphatic rings. The predicted octanol–water partition coefficient (Wildman–Crippen LogP) is 3.85. The Morgan fingerprint density at radius 1 is 1.15 bits per heavy atom. The number of rotatable bonds is 4. The molecule has 1 atom stereocenters. The maximum absolute atomic E-state index is 10.6. The van der Waals surface area contributed by atoms with Crippen LogP contribution in [-0.4, -0.2) is 23.9 Å². The molecule has 0 saturated heterocycles. The van der Waals surface area contributed by atoms with Crippen molar-refractivity contribution in [2.45, 2.75) is 70.0 Å². The van der Waals surface area contributed by atoms with Gasteiger partial charge in [0.2, 0.25) is 0 Å². The van der Waals surface area contributed by atoms with E-state index in [1.54, 1.807) is 7.11 Å². The normalized spacial score (nSPS) is 20.1. The monoisotopic (exact) mass is 276 g/mol. The molecule has 2 heteroatoms. The first-order chi connectivity index (χ1) is 9.37. The first-order valence-corrected chi connectivity index (χ1v) is 7.70. The van der Waals surface area contributed by atoms with Crippen LogP contribution < -0.4 is 0 Å².